The minimum absolute atomic E-state index is 0.324. The third-order valence-electron chi connectivity index (χ3n) is 7.27. The molecule has 0 aromatic heterocycles. The molecule has 4 aromatic carbocycles. The SMILES string of the molecule is Cc1cc(Sc2ccc(C(C)(c3cc(C)c(O)c(C)c3)c3cc(C)c(O)c(C)c3)cc2)cc(C)c1O. The largest absolute Gasteiger partial charge is 0.507 e. The number of phenolic OH excluding ortho intramolecular Hbond substituents is 3. The van der Waals surface area contributed by atoms with Crippen molar-refractivity contribution in [3.05, 3.63) is 111 Å². The second-order valence-electron chi connectivity index (χ2n) is 10.1. The summed E-state index contributed by atoms with van der Waals surface area (Å²) in [7, 11) is 0. The van der Waals surface area contributed by atoms with E-state index in [0.29, 0.717) is 17.2 Å². The van der Waals surface area contributed by atoms with E-state index in [2.05, 4.69) is 55.5 Å². The van der Waals surface area contributed by atoms with Crippen LogP contribution >= 0.6 is 11.8 Å². The van der Waals surface area contributed by atoms with Crippen molar-refractivity contribution in [3.63, 3.8) is 0 Å². The van der Waals surface area contributed by atoms with Gasteiger partial charge in [0.25, 0.3) is 0 Å². The maximum absolute atomic E-state index is 10.4. The van der Waals surface area contributed by atoms with Gasteiger partial charge >= 0.3 is 0 Å². The summed E-state index contributed by atoms with van der Waals surface area (Å²) in [5.41, 5.74) is 7.91. The standard InChI is InChI=1S/C32H34O3S/c1-18-12-25(13-19(2)29(18)33)32(7,26-14-20(3)30(34)21(4)15-26)24-8-10-27(11-9-24)36-28-16-22(5)31(35)23(6)17-28/h8-17,33-35H,1-7H3. The quantitative estimate of drug-likeness (QED) is 0.243. The van der Waals surface area contributed by atoms with Crippen molar-refractivity contribution in [2.45, 2.75) is 63.7 Å². The zero-order chi connectivity index (χ0) is 26.4. The molecule has 4 heteroatoms. The molecule has 0 bridgehead atoms. The molecule has 0 saturated heterocycles. The molecule has 4 aromatic rings. The number of aryl methyl sites for hydroxylation is 6. The van der Waals surface area contributed by atoms with E-state index in [4.69, 9.17) is 0 Å². The van der Waals surface area contributed by atoms with E-state index in [-0.39, 0.29) is 0 Å². The summed E-state index contributed by atoms with van der Waals surface area (Å²) < 4.78 is 0. The lowest BCUT2D eigenvalue weighted by atomic mass is 9.70. The molecular weight excluding hydrogens is 464 g/mol. The Morgan fingerprint density at radius 3 is 1.17 bits per heavy atom. The van der Waals surface area contributed by atoms with E-state index in [1.54, 1.807) is 11.8 Å². The van der Waals surface area contributed by atoms with Crippen LogP contribution in [0.2, 0.25) is 0 Å². The van der Waals surface area contributed by atoms with Gasteiger partial charge < -0.3 is 15.3 Å². The number of aromatic hydroxyl groups is 3. The first-order chi connectivity index (χ1) is 16.9. The molecule has 0 atom stereocenters. The molecule has 0 amide bonds. The van der Waals surface area contributed by atoms with Crippen LogP contribution in [-0.2, 0) is 5.41 Å². The summed E-state index contributed by atoms with van der Waals surface area (Å²) in [6, 6.07) is 20.9. The number of hydrogen-bond acceptors (Lipinski definition) is 4. The zero-order valence-electron chi connectivity index (χ0n) is 22.0. The Bertz CT molecular complexity index is 1320. The van der Waals surface area contributed by atoms with Gasteiger partial charge in [-0.05, 0) is 123 Å². The van der Waals surface area contributed by atoms with Gasteiger partial charge in [-0.3, -0.25) is 0 Å². The normalized spacial score (nSPS) is 11.6. The second kappa shape index (κ2) is 9.59. The second-order valence-corrected chi connectivity index (χ2v) is 11.2. The smallest absolute Gasteiger partial charge is 0.121 e. The molecule has 4 rings (SSSR count). The van der Waals surface area contributed by atoms with Crippen molar-refractivity contribution < 1.29 is 15.3 Å². The highest BCUT2D eigenvalue weighted by molar-refractivity contribution is 7.99. The van der Waals surface area contributed by atoms with Crippen molar-refractivity contribution in [3.8, 4) is 17.2 Å². The minimum atomic E-state index is -0.499. The molecule has 3 N–H and O–H groups in total. The predicted molar refractivity (Wildman–Crippen MR) is 149 cm³/mol. The molecule has 0 radical (unpaired) electrons. The maximum Gasteiger partial charge on any atom is 0.121 e. The lowest BCUT2D eigenvalue weighted by molar-refractivity contribution is 0.465. The highest BCUT2D eigenvalue weighted by Crippen LogP contribution is 2.44. The lowest BCUT2D eigenvalue weighted by Crippen LogP contribution is -2.26. The number of phenols is 3. The summed E-state index contributed by atoms with van der Waals surface area (Å²) in [6.07, 6.45) is 0. The van der Waals surface area contributed by atoms with Crippen molar-refractivity contribution in [1.29, 1.82) is 0 Å². The third-order valence-corrected chi connectivity index (χ3v) is 8.25. The van der Waals surface area contributed by atoms with Gasteiger partial charge in [-0.1, -0.05) is 48.2 Å². The summed E-state index contributed by atoms with van der Waals surface area (Å²) in [4.78, 5) is 2.20. The topological polar surface area (TPSA) is 60.7 Å². The van der Waals surface area contributed by atoms with Gasteiger partial charge in [0.2, 0.25) is 0 Å². The van der Waals surface area contributed by atoms with E-state index < -0.39 is 5.41 Å². The molecule has 0 spiro atoms. The molecule has 0 heterocycles. The summed E-state index contributed by atoms with van der Waals surface area (Å²) in [5.74, 6) is 1.00. The summed E-state index contributed by atoms with van der Waals surface area (Å²) in [6.45, 7) is 13.8. The molecule has 0 unspecified atom stereocenters. The fraction of sp³-hybridized carbons (Fsp3) is 0.250. The summed E-state index contributed by atoms with van der Waals surface area (Å²) in [5, 5.41) is 31.0. The van der Waals surface area contributed by atoms with E-state index in [9.17, 15) is 15.3 Å². The Morgan fingerprint density at radius 2 is 0.806 bits per heavy atom. The van der Waals surface area contributed by atoms with Crippen molar-refractivity contribution >= 4 is 11.8 Å². The number of rotatable bonds is 5. The maximum atomic E-state index is 10.4. The summed E-state index contributed by atoms with van der Waals surface area (Å²) >= 11 is 1.67. The van der Waals surface area contributed by atoms with Gasteiger partial charge in [0.05, 0.1) is 0 Å². The fourth-order valence-corrected chi connectivity index (χ4v) is 5.97. The van der Waals surface area contributed by atoms with Crippen molar-refractivity contribution in [2.24, 2.45) is 0 Å². The Hall–Kier alpha value is -3.37. The Kier molecular flexibility index (Phi) is 6.85. The van der Waals surface area contributed by atoms with Crippen LogP contribution in [0.3, 0.4) is 0 Å². The van der Waals surface area contributed by atoms with Gasteiger partial charge in [0, 0.05) is 15.2 Å². The molecule has 3 nitrogen and oxygen atoms in total. The Labute approximate surface area is 218 Å². The number of hydrogen-bond donors (Lipinski definition) is 3. The van der Waals surface area contributed by atoms with Gasteiger partial charge in [-0.25, -0.2) is 0 Å². The van der Waals surface area contributed by atoms with Gasteiger partial charge in [0.15, 0.2) is 0 Å². The lowest BCUT2D eigenvalue weighted by Gasteiger charge is -2.33. The van der Waals surface area contributed by atoms with Crippen LogP contribution < -0.4 is 0 Å². The first-order valence-electron chi connectivity index (χ1n) is 12.1. The van der Waals surface area contributed by atoms with Crippen LogP contribution in [-0.4, -0.2) is 15.3 Å². The van der Waals surface area contributed by atoms with Crippen molar-refractivity contribution in [1.82, 2.24) is 0 Å². The van der Waals surface area contributed by atoms with Crippen LogP contribution in [0.4, 0.5) is 0 Å². The molecule has 0 aliphatic rings. The molecule has 186 valence electrons. The molecule has 0 aliphatic heterocycles. The molecular formula is C32H34O3S. The van der Waals surface area contributed by atoms with Gasteiger partial charge in [-0.2, -0.15) is 0 Å². The first kappa shape index (κ1) is 25.7. The van der Waals surface area contributed by atoms with Gasteiger partial charge in [0.1, 0.15) is 17.2 Å². The molecule has 0 aliphatic carbocycles. The highest BCUT2D eigenvalue weighted by atomic mass is 32.2. The number of benzene rings is 4. The average molecular weight is 499 g/mol. The van der Waals surface area contributed by atoms with E-state index in [1.165, 1.54) is 0 Å². The van der Waals surface area contributed by atoms with Gasteiger partial charge in [-0.15, -0.1) is 0 Å². The van der Waals surface area contributed by atoms with E-state index >= 15 is 0 Å². The van der Waals surface area contributed by atoms with Crippen LogP contribution in [0.15, 0.2) is 70.5 Å². The molecule has 0 fully saturated rings. The first-order valence-corrected chi connectivity index (χ1v) is 12.9. The van der Waals surface area contributed by atoms with Crippen molar-refractivity contribution in [2.75, 3.05) is 0 Å². The Balaban J connectivity index is 1.83. The van der Waals surface area contributed by atoms with Crippen LogP contribution in [0.1, 0.15) is 57.0 Å². The highest BCUT2D eigenvalue weighted by Gasteiger charge is 2.33. The van der Waals surface area contributed by atoms with Crippen LogP contribution in [0.25, 0.3) is 0 Å². The minimum Gasteiger partial charge on any atom is -0.507 e. The fourth-order valence-electron chi connectivity index (χ4n) is 4.96. The third kappa shape index (κ3) is 4.58. The van der Waals surface area contributed by atoms with E-state index in [0.717, 1.165) is 59.9 Å². The average Bonchev–Trinajstić information content (AvgIpc) is 2.83. The molecule has 36 heavy (non-hydrogen) atoms. The van der Waals surface area contributed by atoms with E-state index in [1.807, 2.05) is 53.7 Å². The molecule has 0 saturated carbocycles. The Morgan fingerprint density at radius 1 is 0.472 bits per heavy atom. The monoisotopic (exact) mass is 498 g/mol. The zero-order valence-corrected chi connectivity index (χ0v) is 22.8. The van der Waals surface area contributed by atoms with Crippen LogP contribution in [0.5, 0.6) is 17.2 Å². The van der Waals surface area contributed by atoms with Crippen LogP contribution in [0, 0.1) is 41.5 Å². The predicted octanol–water partition coefficient (Wildman–Crippen LogP) is 8.16.